The zero-order chi connectivity index (χ0) is 17.3. The number of primary amides is 1. The van der Waals surface area contributed by atoms with Crippen LogP contribution in [0.3, 0.4) is 0 Å². The summed E-state index contributed by atoms with van der Waals surface area (Å²) < 4.78 is 1.88. The van der Waals surface area contributed by atoms with Crippen molar-refractivity contribution in [2.24, 2.45) is 11.7 Å². The van der Waals surface area contributed by atoms with Gasteiger partial charge in [0.25, 0.3) is 0 Å². The van der Waals surface area contributed by atoms with Crippen molar-refractivity contribution < 1.29 is 4.79 Å². The normalized spacial score (nSPS) is 18.9. The van der Waals surface area contributed by atoms with Crippen molar-refractivity contribution in [2.45, 2.75) is 33.6 Å². The van der Waals surface area contributed by atoms with Gasteiger partial charge in [-0.3, -0.25) is 4.79 Å². The molecule has 2 aromatic heterocycles. The molecule has 130 valence electrons. The Labute approximate surface area is 142 Å². The summed E-state index contributed by atoms with van der Waals surface area (Å²) in [6, 6.07) is 2.02. The largest absolute Gasteiger partial charge is 0.369 e. The van der Waals surface area contributed by atoms with Gasteiger partial charge >= 0.3 is 0 Å². The van der Waals surface area contributed by atoms with Crippen LogP contribution in [-0.2, 0) is 4.79 Å². The average molecular weight is 330 g/mol. The van der Waals surface area contributed by atoms with Crippen molar-refractivity contribution in [3.8, 4) is 0 Å². The van der Waals surface area contributed by atoms with Gasteiger partial charge in [0.2, 0.25) is 5.91 Å². The molecular formula is C17H26N6O. The van der Waals surface area contributed by atoms with Gasteiger partial charge in [0.15, 0.2) is 5.65 Å². The molecule has 0 aromatic carbocycles. The molecular weight excluding hydrogens is 304 g/mol. The molecule has 0 saturated carbocycles. The number of piperidine rings is 1. The van der Waals surface area contributed by atoms with Crippen LogP contribution in [-0.4, -0.2) is 51.6 Å². The molecule has 2 aromatic rings. The predicted octanol–water partition coefficient (Wildman–Crippen LogP) is 1.26. The van der Waals surface area contributed by atoms with Crippen LogP contribution >= 0.6 is 0 Å². The van der Waals surface area contributed by atoms with Gasteiger partial charge in [0.05, 0.1) is 11.6 Å². The molecule has 0 aliphatic carbocycles. The highest BCUT2D eigenvalue weighted by atomic mass is 16.1. The smallest absolute Gasteiger partial charge is 0.221 e. The SMILES string of the molecule is Cc1cc(NCCN2CCCC(C(N)=O)C2)n2nc(C)c(C)c2n1. The Kier molecular flexibility index (Phi) is 4.71. The van der Waals surface area contributed by atoms with Gasteiger partial charge in [-0.1, -0.05) is 0 Å². The molecule has 24 heavy (non-hydrogen) atoms. The number of nitrogens with one attached hydrogen (secondary N) is 1. The first-order valence-corrected chi connectivity index (χ1v) is 8.55. The Balaban J connectivity index is 1.66. The van der Waals surface area contributed by atoms with Crippen molar-refractivity contribution >= 4 is 17.4 Å². The topological polar surface area (TPSA) is 88.5 Å². The van der Waals surface area contributed by atoms with Gasteiger partial charge in [0, 0.05) is 37.0 Å². The second kappa shape index (κ2) is 6.76. The number of nitrogens with two attached hydrogens (primary N) is 1. The summed E-state index contributed by atoms with van der Waals surface area (Å²) in [5.41, 5.74) is 9.43. The van der Waals surface area contributed by atoms with E-state index in [1.807, 2.05) is 31.4 Å². The number of aryl methyl sites for hydroxylation is 3. The zero-order valence-electron chi connectivity index (χ0n) is 14.7. The molecule has 0 bridgehead atoms. The van der Waals surface area contributed by atoms with Gasteiger partial charge in [-0.05, 0) is 40.2 Å². The second-order valence-electron chi connectivity index (χ2n) is 6.70. The number of amides is 1. The summed E-state index contributed by atoms with van der Waals surface area (Å²) in [6.45, 7) is 9.51. The number of aromatic nitrogens is 3. The molecule has 1 aliphatic heterocycles. The molecule has 1 atom stereocenters. The van der Waals surface area contributed by atoms with Crippen LogP contribution in [0.15, 0.2) is 6.07 Å². The number of likely N-dealkylation sites (tertiary alicyclic amines) is 1. The lowest BCUT2D eigenvalue weighted by Crippen LogP contribution is -2.42. The molecule has 3 rings (SSSR count). The van der Waals surface area contributed by atoms with E-state index in [1.165, 1.54) is 0 Å². The van der Waals surface area contributed by atoms with E-state index in [0.717, 1.165) is 67.4 Å². The number of carbonyl (C=O) groups is 1. The van der Waals surface area contributed by atoms with Crippen molar-refractivity contribution in [1.29, 1.82) is 0 Å². The molecule has 7 nitrogen and oxygen atoms in total. The fourth-order valence-corrected chi connectivity index (χ4v) is 3.31. The van der Waals surface area contributed by atoms with Crippen LogP contribution < -0.4 is 11.1 Å². The molecule has 0 radical (unpaired) electrons. The molecule has 1 amide bonds. The highest BCUT2D eigenvalue weighted by Crippen LogP contribution is 2.19. The average Bonchev–Trinajstić information content (AvgIpc) is 2.83. The number of hydrogen-bond acceptors (Lipinski definition) is 5. The first kappa shape index (κ1) is 16.7. The van der Waals surface area contributed by atoms with Crippen molar-refractivity contribution in [3.63, 3.8) is 0 Å². The lowest BCUT2D eigenvalue weighted by Gasteiger charge is -2.31. The fraction of sp³-hybridized carbons (Fsp3) is 0.588. The Bertz CT molecular complexity index is 753. The van der Waals surface area contributed by atoms with E-state index in [4.69, 9.17) is 5.73 Å². The van der Waals surface area contributed by atoms with E-state index in [1.54, 1.807) is 0 Å². The molecule has 0 spiro atoms. The first-order valence-electron chi connectivity index (χ1n) is 8.55. The maximum atomic E-state index is 11.4. The summed E-state index contributed by atoms with van der Waals surface area (Å²) in [5, 5.41) is 8.03. The lowest BCUT2D eigenvalue weighted by molar-refractivity contribution is -0.123. The van der Waals surface area contributed by atoms with Crippen LogP contribution in [0.1, 0.15) is 29.8 Å². The summed E-state index contributed by atoms with van der Waals surface area (Å²) in [4.78, 5) is 18.3. The number of rotatable bonds is 5. The Morgan fingerprint density at radius 1 is 1.42 bits per heavy atom. The molecule has 1 aliphatic rings. The van der Waals surface area contributed by atoms with Gasteiger partial charge in [-0.2, -0.15) is 9.61 Å². The monoisotopic (exact) mass is 330 g/mol. The van der Waals surface area contributed by atoms with Gasteiger partial charge in [-0.25, -0.2) is 4.98 Å². The number of hydrogen-bond donors (Lipinski definition) is 2. The van der Waals surface area contributed by atoms with E-state index in [0.29, 0.717) is 0 Å². The molecule has 7 heteroatoms. The van der Waals surface area contributed by atoms with Crippen LogP contribution in [0.5, 0.6) is 0 Å². The fourth-order valence-electron chi connectivity index (χ4n) is 3.31. The third kappa shape index (κ3) is 3.36. The first-order chi connectivity index (χ1) is 11.5. The molecule has 1 saturated heterocycles. The summed E-state index contributed by atoms with van der Waals surface area (Å²) >= 11 is 0. The highest BCUT2D eigenvalue weighted by molar-refractivity contribution is 5.76. The van der Waals surface area contributed by atoms with Crippen molar-refractivity contribution in [3.05, 3.63) is 23.0 Å². The number of fused-ring (bicyclic) bond motifs is 1. The van der Waals surface area contributed by atoms with E-state index < -0.39 is 0 Å². The number of nitrogens with zero attached hydrogens (tertiary/aromatic N) is 4. The third-order valence-corrected chi connectivity index (χ3v) is 4.83. The van der Waals surface area contributed by atoms with E-state index in [-0.39, 0.29) is 11.8 Å². The standard InChI is InChI=1S/C17H26N6O/c1-11-9-15(23-17(20-11)12(2)13(3)21-23)19-6-8-22-7-4-5-14(10-22)16(18)24/h9,14,19H,4-8,10H2,1-3H3,(H2,18,24). The minimum atomic E-state index is -0.179. The Hall–Kier alpha value is -2.15. The molecule has 1 fully saturated rings. The second-order valence-corrected chi connectivity index (χ2v) is 6.70. The lowest BCUT2D eigenvalue weighted by atomic mass is 9.97. The number of carbonyl (C=O) groups excluding carboxylic acids is 1. The minimum absolute atomic E-state index is 0.00922. The van der Waals surface area contributed by atoms with E-state index in [9.17, 15) is 4.79 Å². The predicted molar refractivity (Wildman–Crippen MR) is 94.0 cm³/mol. The van der Waals surface area contributed by atoms with Gasteiger partial charge < -0.3 is 16.0 Å². The Morgan fingerprint density at radius 2 is 2.21 bits per heavy atom. The van der Waals surface area contributed by atoms with Gasteiger partial charge in [0.1, 0.15) is 5.82 Å². The van der Waals surface area contributed by atoms with E-state index >= 15 is 0 Å². The Morgan fingerprint density at radius 3 is 2.96 bits per heavy atom. The van der Waals surface area contributed by atoms with Gasteiger partial charge in [-0.15, -0.1) is 0 Å². The van der Waals surface area contributed by atoms with Crippen molar-refractivity contribution in [2.75, 3.05) is 31.5 Å². The van der Waals surface area contributed by atoms with Crippen LogP contribution in [0.25, 0.3) is 5.65 Å². The van der Waals surface area contributed by atoms with Crippen LogP contribution in [0.4, 0.5) is 5.82 Å². The summed E-state index contributed by atoms with van der Waals surface area (Å²) in [6.07, 6.45) is 1.94. The minimum Gasteiger partial charge on any atom is -0.369 e. The van der Waals surface area contributed by atoms with E-state index in [2.05, 4.69) is 20.3 Å². The zero-order valence-corrected chi connectivity index (χ0v) is 14.7. The molecule has 3 N–H and O–H groups in total. The highest BCUT2D eigenvalue weighted by Gasteiger charge is 2.23. The van der Waals surface area contributed by atoms with Crippen LogP contribution in [0, 0.1) is 26.7 Å². The maximum absolute atomic E-state index is 11.4. The number of anilines is 1. The third-order valence-electron chi connectivity index (χ3n) is 4.83. The maximum Gasteiger partial charge on any atom is 0.221 e. The van der Waals surface area contributed by atoms with Crippen LogP contribution in [0.2, 0.25) is 0 Å². The summed E-state index contributed by atoms with van der Waals surface area (Å²) in [5.74, 6) is 0.767. The summed E-state index contributed by atoms with van der Waals surface area (Å²) in [7, 11) is 0. The van der Waals surface area contributed by atoms with Crippen molar-refractivity contribution in [1.82, 2.24) is 19.5 Å². The molecule has 3 heterocycles. The quantitative estimate of drug-likeness (QED) is 0.862. The molecule has 1 unspecified atom stereocenters.